The molecule has 2 nitrogen and oxygen atoms in total. The zero-order chi connectivity index (χ0) is 7.84. The van der Waals surface area contributed by atoms with Crippen LogP contribution in [0.4, 0.5) is 0 Å². The molecule has 2 rings (SSSR count). The summed E-state index contributed by atoms with van der Waals surface area (Å²) in [5, 5.41) is 4.92. The Bertz CT molecular complexity index is 267. The van der Waals surface area contributed by atoms with E-state index in [-0.39, 0.29) is 0 Å². The lowest BCUT2D eigenvalue weighted by atomic mass is 10.4. The molecule has 0 radical (unpaired) electrons. The van der Waals surface area contributed by atoms with Gasteiger partial charge in [0, 0.05) is 12.6 Å². The third-order valence-corrected chi connectivity index (χ3v) is 2.52. The maximum Gasteiger partial charge on any atom is 0.129 e. The Morgan fingerprint density at radius 2 is 2.45 bits per heavy atom. The lowest BCUT2D eigenvalue weighted by Gasteiger charge is -1.98. The summed E-state index contributed by atoms with van der Waals surface area (Å²) in [5.74, 6) is 0.819. The lowest BCUT2D eigenvalue weighted by Crippen LogP contribution is -2.01. The van der Waals surface area contributed by atoms with Gasteiger partial charge in [0.05, 0.1) is 0 Å². The van der Waals surface area contributed by atoms with Gasteiger partial charge in [-0.2, -0.15) is 5.10 Å². The molecule has 60 valence electrons. The molecule has 1 aliphatic carbocycles. The fraction of sp³-hybridized carbons (Fsp3) is 0.571. The van der Waals surface area contributed by atoms with E-state index in [0.717, 1.165) is 22.2 Å². The van der Waals surface area contributed by atoms with Crippen LogP contribution in [0.1, 0.15) is 12.8 Å². The van der Waals surface area contributed by atoms with Crippen LogP contribution in [0.15, 0.2) is 10.7 Å². The summed E-state index contributed by atoms with van der Waals surface area (Å²) in [5.41, 5.74) is 0. The Morgan fingerprint density at radius 3 is 2.91 bits per heavy atom. The van der Waals surface area contributed by atoms with E-state index in [9.17, 15) is 0 Å². The van der Waals surface area contributed by atoms with Crippen molar-refractivity contribution in [2.24, 2.45) is 5.92 Å². The summed E-state index contributed by atoms with van der Waals surface area (Å²) in [6.07, 6.45) is 2.65. The lowest BCUT2D eigenvalue weighted by molar-refractivity contribution is 0.561. The summed E-state index contributed by atoms with van der Waals surface area (Å²) in [6.45, 7) is 0.977. The van der Waals surface area contributed by atoms with Gasteiger partial charge in [-0.25, -0.2) is 0 Å². The Morgan fingerprint density at radius 1 is 1.73 bits per heavy atom. The average molecular weight is 236 g/mol. The van der Waals surface area contributed by atoms with Crippen LogP contribution < -0.4 is 0 Å². The van der Waals surface area contributed by atoms with E-state index in [1.807, 2.05) is 10.7 Å². The van der Waals surface area contributed by atoms with Crippen molar-refractivity contribution in [1.29, 1.82) is 0 Å². The van der Waals surface area contributed by atoms with Gasteiger partial charge in [-0.3, -0.25) is 4.68 Å². The van der Waals surface area contributed by atoms with Gasteiger partial charge in [0.25, 0.3) is 0 Å². The predicted molar refractivity (Wildman–Crippen MR) is 47.7 cm³/mol. The van der Waals surface area contributed by atoms with Crippen molar-refractivity contribution in [3.63, 3.8) is 0 Å². The van der Waals surface area contributed by atoms with Gasteiger partial charge in [0.1, 0.15) is 9.76 Å². The monoisotopic (exact) mass is 234 g/mol. The van der Waals surface area contributed by atoms with Gasteiger partial charge in [0.2, 0.25) is 0 Å². The van der Waals surface area contributed by atoms with Gasteiger partial charge in [0.15, 0.2) is 0 Å². The zero-order valence-corrected chi connectivity index (χ0v) is 8.27. The second-order valence-corrected chi connectivity index (χ2v) is 4.11. The highest BCUT2D eigenvalue weighted by Crippen LogP contribution is 2.31. The Labute approximate surface area is 78.7 Å². The quantitative estimate of drug-likeness (QED) is 0.771. The summed E-state index contributed by atoms with van der Waals surface area (Å²) in [7, 11) is 0. The van der Waals surface area contributed by atoms with Crippen molar-refractivity contribution in [3.8, 4) is 0 Å². The summed E-state index contributed by atoms with van der Waals surface area (Å²) >= 11 is 9.16. The fourth-order valence-corrected chi connectivity index (χ4v) is 1.79. The predicted octanol–water partition coefficient (Wildman–Crippen LogP) is 2.71. The van der Waals surface area contributed by atoms with E-state index in [1.54, 1.807) is 0 Å². The number of nitrogens with zero attached hydrogens (tertiary/aromatic N) is 2. The Hall–Kier alpha value is -0.0200. The number of hydrogen-bond donors (Lipinski definition) is 0. The maximum atomic E-state index is 5.89. The molecule has 1 aromatic heterocycles. The molecule has 0 aromatic carbocycles. The van der Waals surface area contributed by atoms with E-state index in [1.165, 1.54) is 12.8 Å². The molecule has 0 unspecified atom stereocenters. The smallest absolute Gasteiger partial charge is 0.129 e. The first-order valence-electron chi connectivity index (χ1n) is 3.64. The van der Waals surface area contributed by atoms with Crippen molar-refractivity contribution in [1.82, 2.24) is 9.78 Å². The largest absolute Gasteiger partial charge is 0.253 e. The maximum absolute atomic E-state index is 5.89. The van der Waals surface area contributed by atoms with Crippen LogP contribution in [0.25, 0.3) is 0 Å². The minimum absolute atomic E-state index is 0.726. The molecule has 11 heavy (non-hydrogen) atoms. The topological polar surface area (TPSA) is 17.8 Å². The SMILES string of the molecule is Clc1cc(Br)nn1CC1CC1. The van der Waals surface area contributed by atoms with Gasteiger partial charge in [-0.05, 0) is 34.7 Å². The molecule has 1 fully saturated rings. The summed E-state index contributed by atoms with van der Waals surface area (Å²) in [6, 6.07) is 1.82. The molecule has 0 spiro atoms. The second kappa shape index (κ2) is 2.79. The highest BCUT2D eigenvalue weighted by atomic mass is 79.9. The minimum Gasteiger partial charge on any atom is -0.253 e. The molecule has 0 aliphatic heterocycles. The van der Waals surface area contributed by atoms with Crippen LogP contribution in [-0.4, -0.2) is 9.78 Å². The van der Waals surface area contributed by atoms with E-state index in [4.69, 9.17) is 11.6 Å². The Kier molecular flexibility index (Phi) is 1.93. The molecular formula is C7H8BrClN2. The molecule has 0 N–H and O–H groups in total. The molecule has 1 aromatic rings. The first-order chi connectivity index (χ1) is 5.25. The average Bonchev–Trinajstić information content (AvgIpc) is 2.64. The van der Waals surface area contributed by atoms with Crippen molar-refractivity contribution < 1.29 is 0 Å². The van der Waals surface area contributed by atoms with Crippen LogP contribution in [0.5, 0.6) is 0 Å². The highest BCUT2D eigenvalue weighted by Gasteiger charge is 2.22. The Balaban J connectivity index is 2.14. The normalized spacial score (nSPS) is 17.3. The highest BCUT2D eigenvalue weighted by molar-refractivity contribution is 9.10. The van der Waals surface area contributed by atoms with Crippen molar-refractivity contribution in [3.05, 3.63) is 15.8 Å². The fourth-order valence-electron chi connectivity index (χ4n) is 1.04. The molecule has 0 amide bonds. The summed E-state index contributed by atoms with van der Waals surface area (Å²) < 4.78 is 2.67. The molecule has 0 atom stereocenters. The van der Waals surface area contributed by atoms with Gasteiger partial charge >= 0.3 is 0 Å². The van der Waals surface area contributed by atoms with E-state index < -0.39 is 0 Å². The molecule has 1 aliphatic rings. The van der Waals surface area contributed by atoms with Gasteiger partial charge in [-0.1, -0.05) is 11.6 Å². The molecule has 4 heteroatoms. The zero-order valence-electron chi connectivity index (χ0n) is 5.93. The third-order valence-electron chi connectivity index (χ3n) is 1.83. The number of hydrogen-bond acceptors (Lipinski definition) is 1. The van der Waals surface area contributed by atoms with Crippen LogP contribution in [0.3, 0.4) is 0 Å². The summed E-state index contributed by atoms with van der Waals surface area (Å²) in [4.78, 5) is 0. The van der Waals surface area contributed by atoms with Crippen molar-refractivity contribution >= 4 is 27.5 Å². The molecule has 1 heterocycles. The first kappa shape index (κ1) is 7.62. The van der Waals surface area contributed by atoms with E-state index in [0.29, 0.717) is 0 Å². The van der Waals surface area contributed by atoms with Crippen LogP contribution in [0, 0.1) is 5.92 Å². The van der Waals surface area contributed by atoms with E-state index in [2.05, 4.69) is 21.0 Å². The number of halogens is 2. The van der Waals surface area contributed by atoms with E-state index >= 15 is 0 Å². The molecule has 0 bridgehead atoms. The van der Waals surface area contributed by atoms with Crippen molar-refractivity contribution in [2.45, 2.75) is 19.4 Å². The van der Waals surface area contributed by atoms with Crippen molar-refractivity contribution in [2.75, 3.05) is 0 Å². The molecule has 0 saturated heterocycles. The standard InChI is InChI=1S/C7H8BrClN2/c8-6-3-7(9)11(10-6)4-5-1-2-5/h3,5H,1-2,4H2. The van der Waals surface area contributed by atoms with Crippen LogP contribution in [-0.2, 0) is 6.54 Å². The minimum atomic E-state index is 0.726. The first-order valence-corrected chi connectivity index (χ1v) is 4.81. The number of aromatic nitrogens is 2. The van der Waals surface area contributed by atoms with Gasteiger partial charge in [-0.15, -0.1) is 0 Å². The number of rotatable bonds is 2. The van der Waals surface area contributed by atoms with Crippen LogP contribution in [0.2, 0.25) is 5.15 Å². The van der Waals surface area contributed by atoms with Crippen LogP contribution >= 0.6 is 27.5 Å². The molecular weight excluding hydrogens is 227 g/mol. The van der Waals surface area contributed by atoms with Gasteiger partial charge < -0.3 is 0 Å². The molecule has 1 saturated carbocycles. The third kappa shape index (κ3) is 1.76. The second-order valence-electron chi connectivity index (χ2n) is 2.92.